The predicted molar refractivity (Wildman–Crippen MR) is 86.6 cm³/mol. The molecule has 4 heteroatoms. The average Bonchev–Trinajstić information content (AvgIpc) is 2.56. The molecule has 0 aliphatic heterocycles. The first-order chi connectivity index (χ1) is 10.2. The number of hydrogen-bond donors (Lipinski definition) is 3. The molecule has 116 valence electrons. The molecule has 0 heterocycles. The molecule has 0 bridgehead atoms. The van der Waals surface area contributed by atoms with Gasteiger partial charge in [0.25, 0.3) is 0 Å². The molecule has 0 amide bonds. The fraction of sp³-hybridized carbons (Fsp3) is 0.588. The van der Waals surface area contributed by atoms with Gasteiger partial charge in [0.05, 0.1) is 5.92 Å². The molecule has 0 spiro atoms. The van der Waals surface area contributed by atoms with Gasteiger partial charge in [0.2, 0.25) is 0 Å². The zero-order valence-corrected chi connectivity index (χ0v) is 12.8. The summed E-state index contributed by atoms with van der Waals surface area (Å²) in [5.41, 5.74) is 6.95. The number of nitrogens with two attached hydrogens (primary N) is 1. The van der Waals surface area contributed by atoms with Gasteiger partial charge >= 0.3 is 0 Å². The van der Waals surface area contributed by atoms with Gasteiger partial charge in [0.15, 0.2) is 0 Å². The van der Waals surface area contributed by atoms with Crippen molar-refractivity contribution in [3.8, 4) is 0 Å². The predicted octanol–water partition coefficient (Wildman–Crippen LogP) is 3.08. The lowest BCUT2D eigenvalue weighted by atomic mass is 9.84. The Morgan fingerprint density at radius 3 is 2.57 bits per heavy atom. The van der Waals surface area contributed by atoms with Crippen LogP contribution in [0.4, 0.5) is 0 Å². The number of nitrogens with one attached hydrogen (secondary N) is 1. The van der Waals surface area contributed by atoms with Gasteiger partial charge in [-0.1, -0.05) is 54.8 Å². The molecular formula is C17H27N3O. The zero-order chi connectivity index (χ0) is 15.1. The molecule has 1 aliphatic rings. The highest BCUT2D eigenvalue weighted by Crippen LogP contribution is 2.26. The van der Waals surface area contributed by atoms with E-state index >= 15 is 0 Å². The van der Waals surface area contributed by atoms with Crippen molar-refractivity contribution in [2.24, 2.45) is 16.8 Å². The van der Waals surface area contributed by atoms with Crippen molar-refractivity contribution < 1.29 is 5.21 Å². The van der Waals surface area contributed by atoms with Crippen LogP contribution in [0.1, 0.15) is 50.5 Å². The molecule has 1 fully saturated rings. The summed E-state index contributed by atoms with van der Waals surface area (Å²) in [6, 6.07) is 10.5. The van der Waals surface area contributed by atoms with Crippen LogP contribution in [0.5, 0.6) is 0 Å². The smallest absolute Gasteiger partial charge is 0.147 e. The van der Waals surface area contributed by atoms with Gasteiger partial charge in [-0.25, -0.2) is 0 Å². The van der Waals surface area contributed by atoms with Crippen molar-refractivity contribution >= 4 is 5.84 Å². The second kappa shape index (κ2) is 8.03. The number of hydrogen-bond acceptors (Lipinski definition) is 3. The lowest BCUT2D eigenvalue weighted by molar-refractivity contribution is 0.280. The summed E-state index contributed by atoms with van der Waals surface area (Å²) in [4.78, 5) is 0. The zero-order valence-electron chi connectivity index (χ0n) is 12.8. The van der Waals surface area contributed by atoms with Gasteiger partial charge in [0, 0.05) is 12.6 Å². The first-order valence-electron chi connectivity index (χ1n) is 7.98. The lowest BCUT2D eigenvalue weighted by Gasteiger charge is -2.29. The van der Waals surface area contributed by atoms with Crippen LogP contribution in [0.25, 0.3) is 0 Å². The highest BCUT2D eigenvalue weighted by molar-refractivity contribution is 5.87. The van der Waals surface area contributed by atoms with E-state index in [-0.39, 0.29) is 11.8 Å². The van der Waals surface area contributed by atoms with E-state index < -0.39 is 0 Å². The van der Waals surface area contributed by atoms with Crippen LogP contribution in [-0.4, -0.2) is 23.6 Å². The molecule has 2 rings (SSSR count). The minimum absolute atomic E-state index is 0.0813. The summed E-state index contributed by atoms with van der Waals surface area (Å²) in [6.45, 7) is 2.96. The van der Waals surface area contributed by atoms with E-state index in [1.54, 1.807) is 0 Å². The van der Waals surface area contributed by atoms with Gasteiger partial charge in [-0.05, 0) is 31.2 Å². The van der Waals surface area contributed by atoms with Gasteiger partial charge in [0.1, 0.15) is 5.84 Å². The summed E-state index contributed by atoms with van der Waals surface area (Å²) < 4.78 is 0. The van der Waals surface area contributed by atoms with Crippen molar-refractivity contribution in [2.75, 3.05) is 6.54 Å². The number of rotatable bonds is 6. The van der Waals surface area contributed by atoms with Crippen molar-refractivity contribution in [3.63, 3.8) is 0 Å². The third kappa shape index (κ3) is 4.46. The highest BCUT2D eigenvalue weighted by Gasteiger charge is 2.22. The van der Waals surface area contributed by atoms with Gasteiger partial charge in [-0.15, -0.1) is 0 Å². The van der Waals surface area contributed by atoms with Crippen LogP contribution in [0, 0.1) is 5.92 Å². The van der Waals surface area contributed by atoms with Crippen LogP contribution in [-0.2, 0) is 0 Å². The summed E-state index contributed by atoms with van der Waals surface area (Å²) in [5, 5.41) is 15.8. The summed E-state index contributed by atoms with van der Waals surface area (Å²) in [5.74, 6) is 0.939. The van der Waals surface area contributed by atoms with Gasteiger partial charge < -0.3 is 16.3 Å². The number of amidine groups is 1. The van der Waals surface area contributed by atoms with Crippen molar-refractivity contribution in [1.82, 2.24) is 5.32 Å². The van der Waals surface area contributed by atoms with Gasteiger partial charge in [-0.3, -0.25) is 0 Å². The molecule has 4 N–H and O–H groups in total. The monoisotopic (exact) mass is 289 g/mol. The second-order valence-electron chi connectivity index (χ2n) is 6.08. The third-order valence-corrected chi connectivity index (χ3v) is 4.68. The van der Waals surface area contributed by atoms with Crippen molar-refractivity contribution in [3.05, 3.63) is 35.9 Å². The topological polar surface area (TPSA) is 70.6 Å². The van der Waals surface area contributed by atoms with E-state index in [0.29, 0.717) is 12.6 Å². The molecule has 1 unspecified atom stereocenters. The van der Waals surface area contributed by atoms with E-state index in [1.807, 2.05) is 30.3 Å². The van der Waals surface area contributed by atoms with Crippen molar-refractivity contribution in [2.45, 2.75) is 51.0 Å². The first-order valence-corrected chi connectivity index (χ1v) is 7.98. The normalized spacial score (nSPS) is 20.1. The number of nitrogens with zero attached hydrogens (tertiary/aromatic N) is 1. The van der Waals surface area contributed by atoms with E-state index in [0.717, 1.165) is 11.5 Å². The minimum Gasteiger partial charge on any atom is -0.409 e. The Hall–Kier alpha value is -1.55. The maximum absolute atomic E-state index is 9.02. The first kappa shape index (κ1) is 15.8. The van der Waals surface area contributed by atoms with Crippen LogP contribution in [0.2, 0.25) is 0 Å². The maximum Gasteiger partial charge on any atom is 0.147 e. The molecule has 0 aromatic heterocycles. The Morgan fingerprint density at radius 2 is 1.95 bits per heavy atom. The van der Waals surface area contributed by atoms with Crippen LogP contribution >= 0.6 is 0 Å². The van der Waals surface area contributed by atoms with Crippen LogP contribution in [0.3, 0.4) is 0 Å². The molecule has 1 aromatic rings. The largest absolute Gasteiger partial charge is 0.409 e. The lowest BCUT2D eigenvalue weighted by Crippen LogP contribution is -2.40. The van der Waals surface area contributed by atoms with Crippen molar-refractivity contribution in [1.29, 1.82) is 0 Å². The number of oxime groups is 1. The number of benzene rings is 1. The molecular weight excluding hydrogens is 262 g/mol. The Kier molecular flexibility index (Phi) is 6.05. The highest BCUT2D eigenvalue weighted by atomic mass is 16.4. The molecule has 0 saturated heterocycles. The van der Waals surface area contributed by atoms with Crippen LogP contribution in [0.15, 0.2) is 35.5 Å². The molecule has 1 aromatic carbocycles. The standard InChI is InChI=1S/C17H27N3O/c1-13(14-8-4-2-5-9-14)19-12-16(17(18)20-21)15-10-6-3-7-11-15/h3,6-7,10-11,13-14,16,19,21H,2,4-5,8-9,12H2,1H3,(H2,18,20)/t13-,16?/m1/s1. The van der Waals surface area contributed by atoms with E-state index in [2.05, 4.69) is 17.4 Å². The molecule has 4 nitrogen and oxygen atoms in total. The van der Waals surface area contributed by atoms with E-state index in [4.69, 9.17) is 10.9 Å². The summed E-state index contributed by atoms with van der Waals surface area (Å²) in [6.07, 6.45) is 6.69. The fourth-order valence-corrected chi connectivity index (χ4v) is 3.25. The Balaban J connectivity index is 1.96. The van der Waals surface area contributed by atoms with Gasteiger partial charge in [-0.2, -0.15) is 0 Å². The third-order valence-electron chi connectivity index (χ3n) is 4.68. The molecule has 2 atom stereocenters. The fourth-order valence-electron chi connectivity index (χ4n) is 3.25. The maximum atomic E-state index is 9.02. The summed E-state index contributed by atoms with van der Waals surface area (Å²) in [7, 11) is 0. The quantitative estimate of drug-likeness (QED) is 0.326. The Labute approximate surface area is 127 Å². The molecule has 21 heavy (non-hydrogen) atoms. The molecule has 0 radical (unpaired) electrons. The Morgan fingerprint density at radius 1 is 1.29 bits per heavy atom. The average molecular weight is 289 g/mol. The molecule has 1 saturated carbocycles. The Bertz CT molecular complexity index is 441. The van der Waals surface area contributed by atoms with E-state index in [1.165, 1.54) is 32.1 Å². The second-order valence-corrected chi connectivity index (χ2v) is 6.08. The summed E-state index contributed by atoms with van der Waals surface area (Å²) >= 11 is 0. The minimum atomic E-state index is -0.0813. The van der Waals surface area contributed by atoms with E-state index in [9.17, 15) is 0 Å². The molecule has 1 aliphatic carbocycles. The van der Waals surface area contributed by atoms with Crippen LogP contribution < -0.4 is 11.1 Å². The SMILES string of the molecule is C[C@@H](NCC(/C(N)=N/O)c1ccccc1)C1CCCCC1.